The number of hydrogen-bond donors (Lipinski definition) is 2. The lowest BCUT2D eigenvalue weighted by Crippen LogP contribution is -2.22. The van der Waals surface area contributed by atoms with Crippen LogP contribution in [0.3, 0.4) is 0 Å². The zero-order valence-corrected chi connectivity index (χ0v) is 15.0. The van der Waals surface area contributed by atoms with Crippen LogP contribution in [0.15, 0.2) is 42.6 Å². The zero-order chi connectivity index (χ0) is 17.6. The Morgan fingerprint density at radius 2 is 1.68 bits per heavy atom. The van der Waals surface area contributed by atoms with E-state index in [2.05, 4.69) is 15.6 Å². The van der Waals surface area contributed by atoms with Gasteiger partial charge in [0.15, 0.2) is 0 Å². The number of carbonyl (C=O) groups is 1. The van der Waals surface area contributed by atoms with Gasteiger partial charge in [-0.05, 0) is 49.2 Å². The second kappa shape index (κ2) is 8.01. The van der Waals surface area contributed by atoms with Crippen molar-refractivity contribution in [1.82, 2.24) is 4.98 Å². The number of nitrogens with zero attached hydrogens (tertiary/aromatic N) is 2. The molecule has 0 radical (unpaired) electrons. The van der Waals surface area contributed by atoms with Gasteiger partial charge in [-0.25, -0.2) is 4.98 Å². The molecular weight excluding hydrogens is 312 g/mol. The predicted molar refractivity (Wildman–Crippen MR) is 103 cm³/mol. The average molecular weight is 338 g/mol. The van der Waals surface area contributed by atoms with Gasteiger partial charge in [-0.1, -0.05) is 19.3 Å². The second-order valence-electron chi connectivity index (χ2n) is 6.81. The summed E-state index contributed by atoms with van der Waals surface area (Å²) in [6.07, 6.45) is 8.09. The van der Waals surface area contributed by atoms with E-state index in [1.807, 2.05) is 49.3 Å². The Labute approximate surface area is 149 Å². The standard InChI is InChI=1S/C20H26N4O/c1-24(2)18-11-8-16(9-12-18)23-20(25)19-13-10-17(14-21-19)22-15-6-4-3-5-7-15/h8-15,22H,3-7H2,1-2H3,(H,23,25). The van der Waals surface area contributed by atoms with Gasteiger partial charge in [0.2, 0.25) is 0 Å². The van der Waals surface area contributed by atoms with Crippen LogP contribution >= 0.6 is 0 Å². The van der Waals surface area contributed by atoms with Crippen molar-refractivity contribution in [2.45, 2.75) is 38.1 Å². The Bertz CT molecular complexity index is 689. The number of pyridine rings is 1. The Morgan fingerprint density at radius 3 is 2.28 bits per heavy atom. The van der Waals surface area contributed by atoms with E-state index in [0.717, 1.165) is 17.1 Å². The number of aromatic nitrogens is 1. The second-order valence-corrected chi connectivity index (χ2v) is 6.81. The first kappa shape index (κ1) is 17.3. The Hall–Kier alpha value is -2.56. The van der Waals surface area contributed by atoms with Crippen LogP contribution in [0.2, 0.25) is 0 Å². The van der Waals surface area contributed by atoms with Gasteiger partial charge in [-0.2, -0.15) is 0 Å². The molecular formula is C20H26N4O. The van der Waals surface area contributed by atoms with Gasteiger partial charge < -0.3 is 15.5 Å². The van der Waals surface area contributed by atoms with Gasteiger partial charge in [0.25, 0.3) is 5.91 Å². The van der Waals surface area contributed by atoms with Crippen LogP contribution < -0.4 is 15.5 Å². The van der Waals surface area contributed by atoms with E-state index in [0.29, 0.717) is 11.7 Å². The number of nitrogens with one attached hydrogen (secondary N) is 2. The maximum Gasteiger partial charge on any atom is 0.274 e. The molecule has 1 aliphatic carbocycles. The predicted octanol–water partition coefficient (Wildman–Crippen LogP) is 4.14. The molecule has 2 aromatic rings. The van der Waals surface area contributed by atoms with Gasteiger partial charge in [-0.15, -0.1) is 0 Å². The third-order valence-electron chi connectivity index (χ3n) is 4.61. The molecule has 5 nitrogen and oxygen atoms in total. The fourth-order valence-corrected chi connectivity index (χ4v) is 3.13. The van der Waals surface area contributed by atoms with Crippen molar-refractivity contribution < 1.29 is 4.79 Å². The van der Waals surface area contributed by atoms with Crippen LogP contribution in [0.4, 0.5) is 17.1 Å². The van der Waals surface area contributed by atoms with Crippen LogP contribution in [0.5, 0.6) is 0 Å². The van der Waals surface area contributed by atoms with Gasteiger partial charge in [-0.3, -0.25) is 4.79 Å². The highest BCUT2D eigenvalue weighted by molar-refractivity contribution is 6.03. The molecule has 0 saturated heterocycles. The van der Waals surface area contributed by atoms with Crippen molar-refractivity contribution in [3.05, 3.63) is 48.3 Å². The molecule has 1 fully saturated rings. The van der Waals surface area contributed by atoms with Gasteiger partial charge in [0.05, 0.1) is 11.9 Å². The Kier molecular flexibility index (Phi) is 5.53. The molecule has 132 valence electrons. The molecule has 2 N–H and O–H groups in total. The van der Waals surface area contributed by atoms with Crippen LogP contribution in [-0.2, 0) is 0 Å². The van der Waals surface area contributed by atoms with E-state index in [1.165, 1.54) is 32.1 Å². The van der Waals surface area contributed by atoms with Gasteiger partial charge in [0, 0.05) is 31.5 Å². The van der Waals surface area contributed by atoms with E-state index < -0.39 is 0 Å². The normalized spacial score (nSPS) is 14.8. The maximum atomic E-state index is 12.3. The molecule has 0 unspecified atom stereocenters. The van der Waals surface area contributed by atoms with Crippen molar-refractivity contribution in [3.8, 4) is 0 Å². The zero-order valence-electron chi connectivity index (χ0n) is 15.0. The largest absolute Gasteiger partial charge is 0.381 e. The lowest BCUT2D eigenvalue weighted by molar-refractivity contribution is 0.102. The maximum absolute atomic E-state index is 12.3. The summed E-state index contributed by atoms with van der Waals surface area (Å²) in [6.45, 7) is 0. The summed E-state index contributed by atoms with van der Waals surface area (Å²) in [5.74, 6) is -0.193. The van der Waals surface area contributed by atoms with Crippen molar-refractivity contribution >= 4 is 23.0 Å². The van der Waals surface area contributed by atoms with Gasteiger partial charge >= 0.3 is 0 Å². The minimum Gasteiger partial charge on any atom is -0.381 e. The highest BCUT2D eigenvalue weighted by Crippen LogP contribution is 2.21. The number of carbonyl (C=O) groups excluding carboxylic acids is 1. The monoisotopic (exact) mass is 338 g/mol. The number of hydrogen-bond acceptors (Lipinski definition) is 4. The summed E-state index contributed by atoms with van der Waals surface area (Å²) in [4.78, 5) is 18.7. The van der Waals surface area contributed by atoms with Crippen molar-refractivity contribution in [3.63, 3.8) is 0 Å². The quantitative estimate of drug-likeness (QED) is 0.860. The minimum atomic E-state index is -0.193. The first-order chi connectivity index (χ1) is 12.1. The summed E-state index contributed by atoms with van der Waals surface area (Å²) >= 11 is 0. The molecule has 25 heavy (non-hydrogen) atoms. The molecule has 0 aliphatic heterocycles. The molecule has 1 aliphatic rings. The molecule has 0 spiro atoms. The van der Waals surface area contributed by atoms with E-state index in [1.54, 1.807) is 12.3 Å². The molecule has 1 aromatic heterocycles. The van der Waals surface area contributed by atoms with Gasteiger partial charge in [0.1, 0.15) is 5.69 Å². The molecule has 1 heterocycles. The summed E-state index contributed by atoms with van der Waals surface area (Å²) in [7, 11) is 3.97. The first-order valence-electron chi connectivity index (χ1n) is 8.93. The molecule has 0 atom stereocenters. The third kappa shape index (κ3) is 4.72. The summed E-state index contributed by atoms with van der Waals surface area (Å²) in [5.41, 5.74) is 3.26. The van der Waals surface area contributed by atoms with Crippen molar-refractivity contribution in [2.75, 3.05) is 29.6 Å². The first-order valence-corrected chi connectivity index (χ1v) is 8.93. The fraction of sp³-hybridized carbons (Fsp3) is 0.400. The molecule has 1 saturated carbocycles. The van der Waals surface area contributed by atoms with E-state index in [-0.39, 0.29) is 5.91 Å². The van der Waals surface area contributed by atoms with E-state index >= 15 is 0 Å². The fourth-order valence-electron chi connectivity index (χ4n) is 3.13. The third-order valence-corrected chi connectivity index (χ3v) is 4.61. The minimum absolute atomic E-state index is 0.193. The van der Waals surface area contributed by atoms with Crippen LogP contribution in [0.25, 0.3) is 0 Å². The summed E-state index contributed by atoms with van der Waals surface area (Å²) < 4.78 is 0. The molecule has 3 rings (SSSR count). The van der Waals surface area contributed by atoms with Crippen molar-refractivity contribution in [1.29, 1.82) is 0 Å². The highest BCUT2D eigenvalue weighted by Gasteiger charge is 2.13. The Balaban J connectivity index is 1.58. The van der Waals surface area contributed by atoms with E-state index in [4.69, 9.17) is 0 Å². The lowest BCUT2D eigenvalue weighted by Gasteiger charge is -2.23. The number of amides is 1. The Morgan fingerprint density at radius 1 is 1.00 bits per heavy atom. The molecule has 1 amide bonds. The topological polar surface area (TPSA) is 57.3 Å². The van der Waals surface area contributed by atoms with E-state index in [9.17, 15) is 4.79 Å². The average Bonchev–Trinajstić information content (AvgIpc) is 2.63. The van der Waals surface area contributed by atoms with Crippen LogP contribution in [-0.4, -0.2) is 31.0 Å². The molecule has 5 heteroatoms. The number of rotatable bonds is 5. The highest BCUT2D eigenvalue weighted by atomic mass is 16.1. The summed E-state index contributed by atoms with van der Waals surface area (Å²) in [6, 6.07) is 12.0. The number of anilines is 3. The smallest absolute Gasteiger partial charge is 0.274 e. The molecule has 1 aromatic carbocycles. The van der Waals surface area contributed by atoms with Crippen LogP contribution in [0, 0.1) is 0 Å². The van der Waals surface area contributed by atoms with Crippen molar-refractivity contribution in [2.24, 2.45) is 0 Å². The lowest BCUT2D eigenvalue weighted by atomic mass is 9.95. The van der Waals surface area contributed by atoms with Crippen LogP contribution in [0.1, 0.15) is 42.6 Å². The summed E-state index contributed by atoms with van der Waals surface area (Å²) in [5, 5.41) is 6.40. The molecule has 0 bridgehead atoms. The number of benzene rings is 1. The SMILES string of the molecule is CN(C)c1ccc(NC(=O)c2ccc(NC3CCCCC3)cn2)cc1.